The first-order valence-corrected chi connectivity index (χ1v) is 8.66. The first kappa shape index (κ1) is 20.2. The predicted molar refractivity (Wildman–Crippen MR) is 103 cm³/mol. The van der Waals surface area contributed by atoms with Crippen molar-refractivity contribution >= 4 is 17.8 Å². The Morgan fingerprint density at radius 3 is 2.63 bits per heavy atom. The van der Waals surface area contributed by atoms with Crippen molar-refractivity contribution in [1.82, 2.24) is 0 Å². The van der Waals surface area contributed by atoms with E-state index in [0.717, 1.165) is 17.5 Å². The number of aliphatic carboxylic acids is 1. The van der Waals surface area contributed by atoms with E-state index in [0.29, 0.717) is 30.2 Å². The van der Waals surface area contributed by atoms with Crippen molar-refractivity contribution in [2.45, 2.75) is 13.3 Å². The van der Waals surface area contributed by atoms with E-state index in [9.17, 15) is 9.59 Å². The fraction of sp³-hybridized carbons (Fsp3) is 0.238. The van der Waals surface area contributed by atoms with Crippen molar-refractivity contribution in [2.24, 2.45) is 5.73 Å². The molecule has 0 radical (unpaired) electrons. The third-order valence-electron chi connectivity index (χ3n) is 3.69. The molecule has 0 aliphatic rings. The monoisotopic (exact) mass is 369 g/mol. The molecule has 142 valence electrons. The second-order valence-electron chi connectivity index (χ2n) is 5.76. The maximum absolute atomic E-state index is 12.4. The number of hydrogen-bond donors (Lipinski definition) is 2. The summed E-state index contributed by atoms with van der Waals surface area (Å²) >= 11 is 0. The van der Waals surface area contributed by atoms with Crippen LogP contribution in [0.25, 0.3) is 6.08 Å². The van der Waals surface area contributed by atoms with E-state index < -0.39 is 12.6 Å². The molecule has 0 bridgehead atoms. The molecule has 0 aliphatic heterocycles. The number of ether oxygens (including phenoxy) is 2. The molecule has 0 saturated heterocycles. The molecule has 6 nitrogen and oxygen atoms in total. The van der Waals surface area contributed by atoms with E-state index in [-0.39, 0.29) is 5.78 Å². The molecule has 27 heavy (non-hydrogen) atoms. The maximum Gasteiger partial charge on any atom is 0.341 e. The van der Waals surface area contributed by atoms with E-state index in [4.69, 9.17) is 20.3 Å². The highest BCUT2D eigenvalue weighted by molar-refractivity contribution is 6.06. The minimum atomic E-state index is -1.07. The second kappa shape index (κ2) is 10.1. The molecule has 0 spiro atoms. The fourth-order valence-corrected chi connectivity index (χ4v) is 2.47. The SMILES string of the molecule is CCOc1cc(C=CC(=O)c2cccc(CCN)c2)ccc1OCC(=O)O. The van der Waals surface area contributed by atoms with Gasteiger partial charge in [-0.2, -0.15) is 0 Å². The van der Waals surface area contributed by atoms with Gasteiger partial charge in [0, 0.05) is 5.56 Å². The number of benzene rings is 2. The topological polar surface area (TPSA) is 98.9 Å². The first-order valence-electron chi connectivity index (χ1n) is 8.66. The smallest absolute Gasteiger partial charge is 0.341 e. The highest BCUT2D eigenvalue weighted by atomic mass is 16.5. The zero-order chi connectivity index (χ0) is 19.6. The zero-order valence-electron chi connectivity index (χ0n) is 15.2. The van der Waals surface area contributed by atoms with Crippen LogP contribution in [0.4, 0.5) is 0 Å². The van der Waals surface area contributed by atoms with Crippen LogP contribution in [0.2, 0.25) is 0 Å². The standard InChI is InChI=1S/C21H23NO5/c1-2-26-20-13-16(7-9-19(20)27-14-21(24)25)6-8-18(23)17-5-3-4-15(12-17)10-11-22/h3-9,12-13H,2,10-11,14,22H2,1H3,(H,24,25). The Balaban J connectivity index is 2.15. The van der Waals surface area contributed by atoms with E-state index in [1.54, 1.807) is 30.3 Å². The number of carbonyl (C=O) groups is 2. The van der Waals surface area contributed by atoms with Crippen molar-refractivity contribution in [1.29, 1.82) is 0 Å². The molecule has 2 aromatic rings. The van der Waals surface area contributed by atoms with Gasteiger partial charge in [-0.1, -0.05) is 30.3 Å². The summed E-state index contributed by atoms with van der Waals surface area (Å²) in [5, 5.41) is 8.74. The summed E-state index contributed by atoms with van der Waals surface area (Å²) in [6.07, 6.45) is 3.90. The van der Waals surface area contributed by atoms with E-state index in [2.05, 4.69) is 0 Å². The quantitative estimate of drug-likeness (QED) is 0.493. The Bertz CT molecular complexity index is 829. The largest absolute Gasteiger partial charge is 0.490 e. The van der Waals surface area contributed by atoms with Crippen LogP contribution < -0.4 is 15.2 Å². The van der Waals surface area contributed by atoms with Crippen LogP contribution in [-0.4, -0.2) is 36.6 Å². The minimum Gasteiger partial charge on any atom is -0.490 e. The van der Waals surface area contributed by atoms with Crippen molar-refractivity contribution in [3.8, 4) is 11.5 Å². The lowest BCUT2D eigenvalue weighted by Crippen LogP contribution is -2.10. The second-order valence-corrected chi connectivity index (χ2v) is 5.76. The molecule has 0 amide bonds. The third kappa shape index (κ3) is 6.27. The Morgan fingerprint density at radius 2 is 1.93 bits per heavy atom. The van der Waals surface area contributed by atoms with E-state index in [1.165, 1.54) is 6.08 Å². The normalized spacial score (nSPS) is 10.7. The van der Waals surface area contributed by atoms with Gasteiger partial charge in [0.15, 0.2) is 23.9 Å². The van der Waals surface area contributed by atoms with Gasteiger partial charge in [0.1, 0.15) is 0 Å². The number of carboxylic acids is 1. The average Bonchev–Trinajstić information content (AvgIpc) is 2.66. The molecule has 0 aromatic heterocycles. The van der Waals surface area contributed by atoms with Gasteiger partial charge in [0.25, 0.3) is 0 Å². The van der Waals surface area contributed by atoms with E-state index >= 15 is 0 Å². The zero-order valence-corrected chi connectivity index (χ0v) is 15.2. The van der Waals surface area contributed by atoms with Crippen molar-refractivity contribution in [3.63, 3.8) is 0 Å². The number of hydrogen-bond acceptors (Lipinski definition) is 5. The molecule has 0 heterocycles. The van der Waals surface area contributed by atoms with Gasteiger partial charge >= 0.3 is 5.97 Å². The predicted octanol–water partition coefficient (Wildman–Crippen LogP) is 2.95. The number of nitrogens with two attached hydrogens (primary N) is 1. The molecule has 3 N–H and O–H groups in total. The van der Waals surface area contributed by atoms with Gasteiger partial charge < -0.3 is 20.3 Å². The lowest BCUT2D eigenvalue weighted by molar-refractivity contribution is -0.139. The molecule has 2 aromatic carbocycles. The highest BCUT2D eigenvalue weighted by Gasteiger charge is 2.08. The summed E-state index contributed by atoms with van der Waals surface area (Å²) in [5.74, 6) is -0.405. The maximum atomic E-state index is 12.4. The Labute approximate surface area is 158 Å². The average molecular weight is 369 g/mol. The summed E-state index contributed by atoms with van der Waals surface area (Å²) in [6, 6.07) is 12.4. The van der Waals surface area contributed by atoms with Crippen LogP contribution in [0.5, 0.6) is 11.5 Å². The van der Waals surface area contributed by atoms with E-state index in [1.807, 2.05) is 25.1 Å². The van der Waals surface area contributed by atoms with Gasteiger partial charge in [-0.3, -0.25) is 4.79 Å². The number of ketones is 1. The molecule has 0 saturated carbocycles. The van der Waals surface area contributed by atoms with Gasteiger partial charge in [-0.15, -0.1) is 0 Å². The Hall–Kier alpha value is -3.12. The van der Waals surface area contributed by atoms with Crippen molar-refractivity contribution < 1.29 is 24.2 Å². The number of rotatable bonds is 10. The summed E-state index contributed by atoms with van der Waals surface area (Å²) in [5.41, 5.74) is 7.92. The summed E-state index contributed by atoms with van der Waals surface area (Å²) < 4.78 is 10.7. The summed E-state index contributed by atoms with van der Waals surface area (Å²) in [4.78, 5) is 23.1. The van der Waals surface area contributed by atoms with Gasteiger partial charge in [0.05, 0.1) is 6.61 Å². The third-order valence-corrected chi connectivity index (χ3v) is 3.69. The Morgan fingerprint density at radius 1 is 1.11 bits per heavy atom. The van der Waals surface area contributed by atoms with Crippen molar-refractivity contribution in [3.05, 3.63) is 65.2 Å². The number of carbonyl (C=O) groups excluding carboxylic acids is 1. The lowest BCUT2D eigenvalue weighted by Gasteiger charge is -2.11. The van der Waals surface area contributed by atoms with Crippen LogP contribution in [0.1, 0.15) is 28.4 Å². The van der Waals surface area contributed by atoms with Gasteiger partial charge in [-0.25, -0.2) is 4.79 Å². The molecule has 6 heteroatoms. The van der Waals surface area contributed by atoms with Crippen LogP contribution >= 0.6 is 0 Å². The van der Waals surface area contributed by atoms with Gasteiger partial charge in [-0.05, 0) is 55.3 Å². The number of carboxylic acid groups (broad SMARTS) is 1. The Kier molecular flexibility index (Phi) is 7.58. The highest BCUT2D eigenvalue weighted by Crippen LogP contribution is 2.29. The molecular formula is C21H23NO5. The molecule has 0 fully saturated rings. The molecule has 0 atom stereocenters. The summed E-state index contributed by atoms with van der Waals surface area (Å²) in [6.45, 7) is 2.31. The lowest BCUT2D eigenvalue weighted by atomic mass is 10.0. The molecule has 0 unspecified atom stereocenters. The first-order chi connectivity index (χ1) is 13.0. The number of allylic oxidation sites excluding steroid dienone is 1. The molecular weight excluding hydrogens is 346 g/mol. The van der Waals surface area contributed by atoms with Crippen LogP contribution in [0.15, 0.2) is 48.5 Å². The van der Waals surface area contributed by atoms with Crippen molar-refractivity contribution in [2.75, 3.05) is 19.8 Å². The minimum absolute atomic E-state index is 0.113. The van der Waals surface area contributed by atoms with Gasteiger partial charge in [0.2, 0.25) is 0 Å². The van der Waals surface area contributed by atoms with Crippen LogP contribution in [0.3, 0.4) is 0 Å². The van der Waals surface area contributed by atoms with Crippen LogP contribution in [-0.2, 0) is 11.2 Å². The molecule has 2 rings (SSSR count). The molecule has 0 aliphatic carbocycles. The fourth-order valence-electron chi connectivity index (χ4n) is 2.47. The van der Waals surface area contributed by atoms with Crippen LogP contribution in [0, 0.1) is 0 Å². The summed E-state index contributed by atoms with van der Waals surface area (Å²) in [7, 11) is 0.